The highest BCUT2D eigenvalue weighted by atomic mass is 79.9. The van der Waals surface area contributed by atoms with E-state index in [4.69, 9.17) is 11.6 Å². The summed E-state index contributed by atoms with van der Waals surface area (Å²) in [7, 11) is 0. The highest BCUT2D eigenvalue weighted by molar-refractivity contribution is 9.09. The lowest BCUT2D eigenvalue weighted by molar-refractivity contribution is 0.178. The average molecular weight is 317 g/mol. The average Bonchev–Trinajstić information content (AvgIpc) is 2.33. The Bertz CT molecular complexity index is 342. The molecule has 0 radical (unpaired) electrons. The second kappa shape index (κ2) is 6.21. The van der Waals surface area contributed by atoms with Crippen molar-refractivity contribution in [2.75, 3.05) is 13.1 Å². The number of piperidine rings is 1. The van der Waals surface area contributed by atoms with Gasteiger partial charge in [0.25, 0.3) is 0 Å². The molecule has 0 spiro atoms. The van der Waals surface area contributed by atoms with Gasteiger partial charge in [0, 0.05) is 16.4 Å². The number of likely N-dealkylation sites (tertiary alicyclic amines) is 1. The Balaban J connectivity index is 1.84. The topological polar surface area (TPSA) is 3.24 Å². The molecular weight excluding hydrogens is 298 g/mol. The zero-order valence-corrected chi connectivity index (χ0v) is 12.5. The van der Waals surface area contributed by atoms with E-state index in [1.165, 1.54) is 31.5 Å². The zero-order valence-electron chi connectivity index (χ0n) is 10.2. The standard InChI is InChI=1S/C14H19BrClN/c1-11(15)13-6-8-17(9-7-13)10-12-2-4-14(16)5-3-12/h2-5,11,13H,6-10H2,1H3. The number of nitrogens with zero attached hydrogens (tertiary/aromatic N) is 1. The van der Waals surface area contributed by atoms with Crippen molar-refractivity contribution in [2.45, 2.75) is 31.1 Å². The van der Waals surface area contributed by atoms with Crippen molar-refractivity contribution in [1.82, 2.24) is 4.90 Å². The van der Waals surface area contributed by atoms with Crippen LogP contribution in [0.5, 0.6) is 0 Å². The van der Waals surface area contributed by atoms with Crippen molar-refractivity contribution in [3.8, 4) is 0 Å². The SMILES string of the molecule is CC(Br)C1CCN(Cc2ccc(Cl)cc2)CC1. The van der Waals surface area contributed by atoms with Gasteiger partial charge in [0.15, 0.2) is 0 Å². The lowest BCUT2D eigenvalue weighted by Crippen LogP contribution is -2.35. The second-order valence-corrected chi connectivity index (χ2v) is 6.80. The van der Waals surface area contributed by atoms with Crippen molar-refractivity contribution in [2.24, 2.45) is 5.92 Å². The molecule has 94 valence electrons. The predicted octanol–water partition coefficient (Wildman–Crippen LogP) is 4.34. The van der Waals surface area contributed by atoms with Crippen molar-refractivity contribution in [3.63, 3.8) is 0 Å². The number of halogens is 2. The van der Waals surface area contributed by atoms with E-state index in [1.54, 1.807) is 0 Å². The Labute approximate surface area is 117 Å². The van der Waals surface area contributed by atoms with E-state index in [0.29, 0.717) is 4.83 Å². The van der Waals surface area contributed by atoms with E-state index in [1.807, 2.05) is 12.1 Å². The van der Waals surface area contributed by atoms with E-state index in [-0.39, 0.29) is 0 Å². The number of hydrogen-bond donors (Lipinski definition) is 0. The summed E-state index contributed by atoms with van der Waals surface area (Å²) in [6.07, 6.45) is 2.61. The van der Waals surface area contributed by atoms with Crippen molar-refractivity contribution in [1.29, 1.82) is 0 Å². The van der Waals surface area contributed by atoms with Gasteiger partial charge in [-0.05, 0) is 49.5 Å². The van der Waals surface area contributed by atoms with Crippen LogP contribution in [0.25, 0.3) is 0 Å². The summed E-state index contributed by atoms with van der Waals surface area (Å²) in [6.45, 7) is 5.74. The molecule has 1 heterocycles. The first-order valence-corrected chi connectivity index (χ1v) is 7.55. The Morgan fingerprint density at radius 2 is 1.88 bits per heavy atom. The summed E-state index contributed by atoms with van der Waals surface area (Å²) in [5.74, 6) is 0.844. The van der Waals surface area contributed by atoms with Crippen LogP contribution in [0.1, 0.15) is 25.3 Å². The third kappa shape index (κ3) is 3.97. The van der Waals surface area contributed by atoms with Gasteiger partial charge in [0.05, 0.1) is 0 Å². The molecule has 3 heteroatoms. The van der Waals surface area contributed by atoms with Gasteiger partial charge in [-0.25, -0.2) is 0 Å². The summed E-state index contributed by atoms with van der Waals surface area (Å²) in [5, 5.41) is 0.820. The van der Waals surface area contributed by atoms with Gasteiger partial charge in [-0.2, -0.15) is 0 Å². The van der Waals surface area contributed by atoms with Crippen LogP contribution in [0.4, 0.5) is 0 Å². The van der Waals surface area contributed by atoms with E-state index in [9.17, 15) is 0 Å². The first-order chi connectivity index (χ1) is 8.15. The molecule has 1 nitrogen and oxygen atoms in total. The fraction of sp³-hybridized carbons (Fsp3) is 0.571. The van der Waals surface area contributed by atoms with Crippen LogP contribution in [0.2, 0.25) is 5.02 Å². The molecule has 0 amide bonds. The number of alkyl halides is 1. The van der Waals surface area contributed by atoms with Gasteiger partial charge in [0.2, 0.25) is 0 Å². The van der Waals surface area contributed by atoms with Crippen molar-refractivity contribution in [3.05, 3.63) is 34.9 Å². The molecule has 1 fully saturated rings. The number of benzene rings is 1. The van der Waals surface area contributed by atoms with Crippen LogP contribution < -0.4 is 0 Å². The fourth-order valence-electron chi connectivity index (χ4n) is 2.42. The minimum absolute atomic E-state index is 0.653. The third-order valence-corrected chi connectivity index (χ3v) is 4.60. The largest absolute Gasteiger partial charge is 0.299 e. The van der Waals surface area contributed by atoms with E-state index in [0.717, 1.165) is 17.5 Å². The Morgan fingerprint density at radius 1 is 1.29 bits per heavy atom. The molecule has 0 aromatic heterocycles. The number of rotatable bonds is 3. The van der Waals surface area contributed by atoms with Gasteiger partial charge in [-0.15, -0.1) is 0 Å². The van der Waals surface area contributed by atoms with Crippen LogP contribution in [-0.2, 0) is 6.54 Å². The lowest BCUT2D eigenvalue weighted by Gasteiger charge is -2.33. The minimum atomic E-state index is 0.653. The molecule has 0 saturated carbocycles. The zero-order chi connectivity index (χ0) is 12.3. The van der Waals surface area contributed by atoms with Gasteiger partial charge < -0.3 is 0 Å². The van der Waals surface area contributed by atoms with Crippen LogP contribution in [-0.4, -0.2) is 22.8 Å². The van der Waals surface area contributed by atoms with Gasteiger partial charge in [0.1, 0.15) is 0 Å². The quantitative estimate of drug-likeness (QED) is 0.750. The molecule has 17 heavy (non-hydrogen) atoms. The highest BCUT2D eigenvalue weighted by Crippen LogP contribution is 2.25. The number of hydrogen-bond acceptors (Lipinski definition) is 1. The molecule has 1 unspecified atom stereocenters. The van der Waals surface area contributed by atoms with Crippen LogP contribution in [0.15, 0.2) is 24.3 Å². The lowest BCUT2D eigenvalue weighted by atomic mass is 9.94. The molecule has 1 aliphatic rings. The minimum Gasteiger partial charge on any atom is -0.299 e. The van der Waals surface area contributed by atoms with E-state index < -0.39 is 0 Å². The van der Waals surface area contributed by atoms with Crippen LogP contribution in [0.3, 0.4) is 0 Å². The smallest absolute Gasteiger partial charge is 0.0406 e. The molecule has 1 aromatic carbocycles. The highest BCUT2D eigenvalue weighted by Gasteiger charge is 2.22. The Kier molecular flexibility index (Phi) is 4.89. The van der Waals surface area contributed by atoms with Crippen LogP contribution >= 0.6 is 27.5 Å². The summed E-state index contributed by atoms with van der Waals surface area (Å²) in [4.78, 5) is 3.19. The molecule has 0 N–H and O–H groups in total. The first-order valence-electron chi connectivity index (χ1n) is 6.26. The monoisotopic (exact) mass is 315 g/mol. The Hall–Kier alpha value is -0.0500. The van der Waals surface area contributed by atoms with E-state index in [2.05, 4.69) is 39.9 Å². The molecule has 1 atom stereocenters. The molecule has 0 aliphatic carbocycles. The maximum absolute atomic E-state index is 5.89. The summed E-state index contributed by atoms with van der Waals surface area (Å²) < 4.78 is 0. The van der Waals surface area contributed by atoms with Gasteiger partial charge in [-0.3, -0.25) is 4.90 Å². The first kappa shape index (κ1) is 13.4. The van der Waals surface area contributed by atoms with Crippen LogP contribution in [0, 0.1) is 5.92 Å². The molecule has 1 aromatic rings. The summed E-state index contributed by atoms with van der Waals surface area (Å²) in [6, 6.07) is 8.21. The molecular formula is C14H19BrClN. The normalized spacial score (nSPS) is 20.4. The second-order valence-electron chi connectivity index (χ2n) is 4.92. The summed E-state index contributed by atoms with van der Waals surface area (Å²) in [5.41, 5.74) is 1.36. The maximum Gasteiger partial charge on any atom is 0.0406 e. The fourth-order valence-corrected chi connectivity index (χ4v) is 3.07. The molecule has 1 aliphatic heterocycles. The van der Waals surface area contributed by atoms with Gasteiger partial charge >= 0.3 is 0 Å². The summed E-state index contributed by atoms with van der Waals surface area (Å²) >= 11 is 9.59. The van der Waals surface area contributed by atoms with Gasteiger partial charge in [-0.1, -0.05) is 46.6 Å². The maximum atomic E-state index is 5.89. The van der Waals surface area contributed by atoms with E-state index >= 15 is 0 Å². The van der Waals surface area contributed by atoms with Crippen molar-refractivity contribution >= 4 is 27.5 Å². The molecule has 2 rings (SSSR count). The third-order valence-electron chi connectivity index (χ3n) is 3.60. The molecule has 0 bridgehead atoms. The predicted molar refractivity (Wildman–Crippen MR) is 77.8 cm³/mol. The Morgan fingerprint density at radius 3 is 2.41 bits per heavy atom. The van der Waals surface area contributed by atoms with Crippen molar-refractivity contribution < 1.29 is 0 Å². The molecule has 1 saturated heterocycles.